The fraction of sp³-hybridized carbons (Fsp3) is 0. The summed E-state index contributed by atoms with van der Waals surface area (Å²) in [4.78, 5) is 0. The molecule has 0 bridgehead atoms. The highest BCUT2D eigenvalue weighted by Crippen LogP contribution is 2.02. The van der Waals surface area contributed by atoms with Crippen LogP contribution in [0.4, 0.5) is 10.1 Å². The second-order valence-electron chi connectivity index (χ2n) is 2.03. The van der Waals surface area contributed by atoms with Gasteiger partial charge in [-0.1, -0.05) is 31.4 Å². The largest absolute Gasteiger partial charge is 0.399 e. The van der Waals surface area contributed by atoms with Gasteiger partial charge in [0.1, 0.15) is 5.82 Å². The summed E-state index contributed by atoms with van der Waals surface area (Å²) in [5, 5.41) is 0. The third kappa shape index (κ3) is 5.23. The minimum atomic E-state index is -0.287. The van der Waals surface area contributed by atoms with Crippen LogP contribution in [0.25, 0.3) is 0 Å². The molecule has 0 aliphatic rings. The predicted molar refractivity (Wildman–Crippen MR) is 51.2 cm³/mol. The molecule has 0 aliphatic carbocycles. The topological polar surface area (TPSA) is 26.0 Å². The molecule has 1 aromatic rings. The lowest BCUT2D eigenvalue weighted by atomic mass is 10.3. The van der Waals surface area contributed by atoms with Crippen LogP contribution in [0.15, 0.2) is 49.6 Å². The summed E-state index contributed by atoms with van der Waals surface area (Å²) in [6, 6.07) is 5.85. The second-order valence-corrected chi connectivity index (χ2v) is 2.03. The molecule has 0 saturated carbocycles. The first-order valence-corrected chi connectivity index (χ1v) is 3.45. The van der Waals surface area contributed by atoms with Crippen molar-refractivity contribution in [3.05, 3.63) is 55.4 Å². The lowest BCUT2D eigenvalue weighted by Crippen LogP contribution is -1.83. The van der Waals surface area contributed by atoms with E-state index in [2.05, 4.69) is 13.2 Å². The molecule has 0 amide bonds. The Labute approximate surface area is 72.0 Å². The fourth-order valence-corrected chi connectivity index (χ4v) is 0.507. The third-order valence-electron chi connectivity index (χ3n) is 1.02. The van der Waals surface area contributed by atoms with Crippen molar-refractivity contribution in [2.24, 2.45) is 0 Å². The van der Waals surface area contributed by atoms with Crippen molar-refractivity contribution in [2.75, 3.05) is 5.73 Å². The molecule has 1 aromatic carbocycles. The van der Waals surface area contributed by atoms with Crippen LogP contribution in [0.2, 0.25) is 0 Å². The van der Waals surface area contributed by atoms with Gasteiger partial charge < -0.3 is 5.73 Å². The summed E-state index contributed by atoms with van der Waals surface area (Å²) >= 11 is 0. The van der Waals surface area contributed by atoms with E-state index in [9.17, 15) is 4.39 Å². The van der Waals surface area contributed by atoms with E-state index in [4.69, 9.17) is 5.73 Å². The number of anilines is 1. The van der Waals surface area contributed by atoms with Gasteiger partial charge in [-0.3, -0.25) is 0 Å². The van der Waals surface area contributed by atoms with Crippen molar-refractivity contribution in [3.8, 4) is 0 Å². The first-order chi connectivity index (χ1) is 5.70. The molecule has 0 aromatic heterocycles. The molecule has 2 heteroatoms. The summed E-state index contributed by atoms with van der Waals surface area (Å²) in [5.41, 5.74) is 5.68. The zero-order chi connectivity index (χ0) is 9.40. The van der Waals surface area contributed by atoms with Gasteiger partial charge in [0.15, 0.2) is 0 Å². The third-order valence-corrected chi connectivity index (χ3v) is 1.02. The fourth-order valence-electron chi connectivity index (χ4n) is 0.507. The van der Waals surface area contributed by atoms with Crippen LogP contribution < -0.4 is 5.73 Å². The Kier molecular flexibility index (Phi) is 5.35. The number of allylic oxidation sites excluding steroid dienone is 2. The molecule has 1 nitrogen and oxygen atoms in total. The maximum Gasteiger partial charge on any atom is 0.125 e. The summed E-state index contributed by atoms with van der Waals surface area (Å²) in [5.74, 6) is -0.287. The Hall–Kier alpha value is -1.57. The zero-order valence-corrected chi connectivity index (χ0v) is 6.83. The zero-order valence-electron chi connectivity index (χ0n) is 6.83. The van der Waals surface area contributed by atoms with Crippen LogP contribution in [-0.4, -0.2) is 0 Å². The lowest BCUT2D eigenvalue weighted by molar-refractivity contribution is 0.628. The minimum absolute atomic E-state index is 0.287. The van der Waals surface area contributed by atoms with Crippen molar-refractivity contribution < 1.29 is 4.39 Å². The molecule has 64 valence electrons. The van der Waals surface area contributed by atoms with Crippen LogP contribution in [-0.2, 0) is 0 Å². The summed E-state index contributed by atoms with van der Waals surface area (Å²) in [6.45, 7) is 6.72. The molecule has 0 spiro atoms. The molecule has 0 unspecified atom stereocenters. The molecule has 0 aliphatic heterocycles. The van der Waals surface area contributed by atoms with E-state index < -0.39 is 0 Å². The summed E-state index contributed by atoms with van der Waals surface area (Å²) in [6.07, 6.45) is 3.28. The summed E-state index contributed by atoms with van der Waals surface area (Å²) in [7, 11) is 0. The average Bonchev–Trinajstić information content (AvgIpc) is 2.04. The van der Waals surface area contributed by atoms with Gasteiger partial charge in [-0.05, 0) is 18.2 Å². The van der Waals surface area contributed by atoms with Crippen molar-refractivity contribution in [1.82, 2.24) is 0 Å². The standard InChI is InChI=1S/C6H6FN.C4H6/c7-5-2-1-3-6(8)4-5;1-3-4-2/h1-4H,8H2;3-4H,1-2H2. The van der Waals surface area contributed by atoms with Crippen LogP contribution in [0.3, 0.4) is 0 Å². The first kappa shape index (κ1) is 10.4. The Morgan fingerprint density at radius 1 is 1.25 bits per heavy atom. The van der Waals surface area contributed by atoms with Crippen molar-refractivity contribution in [2.45, 2.75) is 0 Å². The smallest absolute Gasteiger partial charge is 0.125 e. The lowest BCUT2D eigenvalue weighted by Gasteiger charge is -1.88. The highest BCUT2D eigenvalue weighted by Gasteiger charge is 1.85. The number of halogens is 1. The molecule has 0 fully saturated rings. The Morgan fingerprint density at radius 3 is 2.08 bits per heavy atom. The minimum Gasteiger partial charge on any atom is -0.399 e. The average molecular weight is 165 g/mol. The molecule has 2 N–H and O–H groups in total. The van der Waals surface area contributed by atoms with Crippen molar-refractivity contribution >= 4 is 5.69 Å². The monoisotopic (exact) mass is 165 g/mol. The Morgan fingerprint density at radius 2 is 1.83 bits per heavy atom. The maximum absolute atomic E-state index is 12.1. The number of benzene rings is 1. The number of nitrogen functional groups attached to an aromatic ring is 1. The summed E-state index contributed by atoms with van der Waals surface area (Å²) < 4.78 is 12.1. The Bertz CT molecular complexity index is 233. The van der Waals surface area contributed by atoms with Gasteiger partial charge in [-0.2, -0.15) is 0 Å². The van der Waals surface area contributed by atoms with Gasteiger partial charge in [0.05, 0.1) is 0 Å². The number of hydrogen-bond acceptors (Lipinski definition) is 1. The number of hydrogen-bond donors (Lipinski definition) is 1. The van der Waals surface area contributed by atoms with E-state index in [0.29, 0.717) is 5.69 Å². The predicted octanol–water partition coefficient (Wildman–Crippen LogP) is 2.77. The van der Waals surface area contributed by atoms with E-state index in [1.54, 1.807) is 24.3 Å². The Balaban J connectivity index is 0.000000261. The van der Waals surface area contributed by atoms with Gasteiger partial charge in [-0.15, -0.1) is 0 Å². The van der Waals surface area contributed by atoms with Gasteiger partial charge in [0.25, 0.3) is 0 Å². The number of rotatable bonds is 1. The first-order valence-electron chi connectivity index (χ1n) is 3.45. The molecular formula is C10H12FN. The maximum atomic E-state index is 12.1. The van der Waals surface area contributed by atoms with E-state index in [0.717, 1.165) is 0 Å². The second kappa shape index (κ2) is 6.16. The van der Waals surface area contributed by atoms with E-state index in [-0.39, 0.29) is 5.82 Å². The van der Waals surface area contributed by atoms with E-state index in [1.165, 1.54) is 12.1 Å². The van der Waals surface area contributed by atoms with Gasteiger partial charge in [0.2, 0.25) is 0 Å². The molecule has 0 atom stereocenters. The van der Waals surface area contributed by atoms with Gasteiger partial charge in [-0.25, -0.2) is 4.39 Å². The highest BCUT2D eigenvalue weighted by molar-refractivity contribution is 5.36. The van der Waals surface area contributed by atoms with E-state index in [1.807, 2.05) is 0 Å². The van der Waals surface area contributed by atoms with E-state index >= 15 is 0 Å². The van der Waals surface area contributed by atoms with Gasteiger partial charge >= 0.3 is 0 Å². The molecule has 1 rings (SSSR count). The quantitative estimate of drug-likeness (QED) is 0.502. The molecule has 12 heavy (non-hydrogen) atoms. The van der Waals surface area contributed by atoms with Crippen LogP contribution in [0.1, 0.15) is 0 Å². The van der Waals surface area contributed by atoms with Gasteiger partial charge in [0, 0.05) is 5.69 Å². The van der Waals surface area contributed by atoms with Crippen LogP contribution in [0.5, 0.6) is 0 Å². The molecule has 0 radical (unpaired) electrons. The SMILES string of the molecule is C=CC=C.Nc1cccc(F)c1. The molecule has 0 saturated heterocycles. The highest BCUT2D eigenvalue weighted by atomic mass is 19.1. The molecular weight excluding hydrogens is 153 g/mol. The normalized spacial score (nSPS) is 7.75. The number of nitrogens with two attached hydrogens (primary N) is 1. The van der Waals surface area contributed by atoms with Crippen molar-refractivity contribution in [3.63, 3.8) is 0 Å². The van der Waals surface area contributed by atoms with Crippen LogP contribution >= 0.6 is 0 Å². The van der Waals surface area contributed by atoms with Crippen LogP contribution in [0, 0.1) is 5.82 Å². The molecule has 0 heterocycles. The van der Waals surface area contributed by atoms with Crippen molar-refractivity contribution in [1.29, 1.82) is 0 Å².